The number of pyridine rings is 1. The average molecular weight is 603 g/mol. The molecule has 1 saturated heterocycles. The van der Waals surface area contributed by atoms with Gasteiger partial charge in [0.25, 0.3) is 17.7 Å². The molecule has 5 rings (SSSR count). The van der Waals surface area contributed by atoms with Gasteiger partial charge in [-0.15, -0.1) is 11.8 Å². The van der Waals surface area contributed by atoms with Gasteiger partial charge in [0.15, 0.2) is 28.9 Å². The molecule has 1 saturated carbocycles. The van der Waals surface area contributed by atoms with E-state index in [2.05, 4.69) is 15.5 Å². The van der Waals surface area contributed by atoms with Crippen molar-refractivity contribution in [2.24, 2.45) is 10.9 Å². The number of primary amides is 1. The van der Waals surface area contributed by atoms with E-state index >= 15 is 0 Å². The highest BCUT2D eigenvalue weighted by Crippen LogP contribution is 2.35. The first kappa shape index (κ1) is 28.4. The summed E-state index contributed by atoms with van der Waals surface area (Å²) in [6, 6.07) is 1.79. The Balaban J connectivity index is 1.27. The van der Waals surface area contributed by atoms with Gasteiger partial charge in [-0.3, -0.25) is 19.3 Å². The third-order valence-corrected chi connectivity index (χ3v) is 8.62. The zero-order valence-electron chi connectivity index (χ0n) is 21.7. The number of nitrogen functional groups attached to an aromatic ring is 1. The minimum Gasteiger partial charge on any atom is -0.492 e. The Morgan fingerprint density at radius 1 is 1.29 bits per heavy atom. The molecule has 2 aliphatic heterocycles. The summed E-state index contributed by atoms with van der Waals surface area (Å²) in [5, 5.41) is 16.9. The van der Waals surface area contributed by atoms with E-state index in [0.717, 1.165) is 46.8 Å². The maximum Gasteiger partial charge on any atom is 0.356 e. The Labute approximate surface area is 242 Å². The molecule has 14 nitrogen and oxygen atoms in total. The lowest BCUT2D eigenvalue weighted by Crippen LogP contribution is -2.73. The molecule has 2 fully saturated rings. The van der Waals surface area contributed by atoms with E-state index < -0.39 is 35.8 Å². The number of ether oxygens (including phenoxy) is 1. The van der Waals surface area contributed by atoms with Crippen molar-refractivity contribution in [1.82, 2.24) is 15.2 Å². The number of rotatable bonds is 11. The lowest BCUT2D eigenvalue weighted by molar-refractivity contribution is -0.684. The van der Waals surface area contributed by atoms with Crippen molar-refractivity contribution in [3.8, 4) is 0 Å². The summed E-state index contributed by atoms with van der Waals surface area (Å²) in [5.41, 5.74) is 10.6. The number of amides is 3. The summed E-state index contributed by atoms with van der Waals surface area (Å²) in [4.78, 5) is 61.5. The first-order chi connectivity index (χ1) is 19.7. The largest absolute Gasteiger partial charge is 0.492 e. The van der Waals surface area contributed by atoms with Gasteiger partial charge in [-0.05, 0) is 25.7 Å². The number of carbonyl (C=O) groups excluding carboxylic acids is 3. The van der Waals surface area contributed by atoms with Crippen LogP contribution in [0, 0.1) is 0 Å². The van der Waals surface area contributed by atoms with Crippen molar-refractivity contribution in [3.05, 3.63) is 47.1 Å². The minimum atomic E-state index is -1.32. The van der Waals surface area contributed by atoms with Crippen LogP contribution >= 0.6 is 23.1 Å². The molecule has 0 unspecified atom stereocenters. The number of oxime groups is 1. The zero-order valence-corrected chi connectivity index (χ0v) is 23.4. The summed E-state index contributed by atoms with van der Waals surface area (Å²) < 4.78 is 7.41. The summed E-state index contributed by atoms with van der Waals surface area (Å²) in [6.07, 6.45) is 8.39. The van der Waals surface area contributed by atoms with Crippen LogP contribution in [-0.4, -0.2) is 74.9 Å². The van der Waals surface area contributed by atoms with Gasteiger partial charge in [-0.25, -0.2) is 9.78 Å². The van der Waals surface area contributed by atoms with Crippen LogP contribution in [0.1, 0.15) is 30.6 Å². The number of thiazole rings is 1. The van der Waals surface area contributed by atoms with Gasteiger partial charge < -0.3 is 31.5 Å². The van der Waals surface area contributed by atoms with Crippen molar-refractivity contribution >= 4 is 57.6 Å². The van der Waals surface area contributed by atoms with Crippen LogP contribution in [0.25, 0.3) is 0 Å². The van der Waals surface area contributed by atoms with Crippen molar-refractivity contribution in [1.29, 1.82) is 0 Å². The molecule has 216 valence electrons. The molecule has 2 aromatic heterocycles. The van der Waals surface area contributed by atoms with Crippen LogP contribution in [0.2, 0.25) is 0 Å². The fourth-order valence-corrected chi connectivity index (χ4v) is 6.27. The molecule has 41 heavy (non-hydrogen) atoms. The van der Waals surface area contributed by atoms with Crippen LogP contribution in [0.3, 0.4) is 0 Å². The standard InChI is InChI=1S/C25H27N7O7S2/c26-18(33)10-31-7-5-14(6-8-31)40-12-16-21(24(36)37)32-15(11-38-16)19(23(32)35)29-22(34)20(17-9-28-25(27)41-17)30-39-13-3-1-2-4-13/h5-9,13,15,19H,1-4,10-12H2,(H5-,26,27,28,29,30,33,34,36,37)/p+1/t15-,19+/m1/s1. The summed E-state index contributed by atoms with van der Waals surface area (Å²) in [6.45, 7) is 0.0347. The number of fused-ring (bicyclic) bond motifs is 1. The number of carbonyl (C=O) groups is 4. The number of nitrogens with zero attached hydrogens (tertiary/aromatic N) is 4. The summed E-state index contributed by atoms with van der Waals surface area (Å²) in [7, 11) is 0. The number of carboxylic acid groups (broad SMARTS) is 1. The summed E-state index contributed by atoms with van der Waals surface area (Å²) >= 11 is 2.37. The topological polar surface area (TPSA) is 203 Å². The molecular formula is C25H28N7O7S2+. The van der Waals surface area contributed by atoms with E-state index in [1.807, 2.05) is 0 Å². The van der Waals surface area contributed by atoms with E-state index in [-0.39, 0.29) is 47.3 Å². The van der Waals surface area contributed by atoms with Gasteiger partial charge in [0.1, 0.15) is 30.6 Å². The maximum absolute atomic E-state index is 13.2. The number of hydrogen-bond acceptors (Lipinski definition) is 11. The van der Waals surface area contributed by atoms with Crippen molar-refractivity contribution in [2.75, 3.05) is 18.1 Å². The number of aliphatic carboxylic acids is 1. The number of nitrogens with one attached hydrogen (secondary N) is 1. The van der Waals surface area contributed by atoms with Gasteiger partial charge in [0.2, 0.25) is 6.54 Å². The second kappa shape index (κ2) is 12.1. The quantitative estimate of drug-likeness (QED) is 0.0889. The fraction of sp³-hybridized carbons (Fsp3) is 0.400. The first-order valence-corrected chi connectivity index (χ1v) is 14.6. The van der Waals surface area contributed by atoms with Gasteiger partial charge in [0, 0.05) is 23.2 Å². The predicted octanol–water partition coefficient (Wildman–Crippen LogP) is -0.0243. The fourth-order valence-electron chi connectivity index (χ4n) is 4.77. The van der Waals surface area contributed by atoms with Crippen LogP contribution in [0.5, 0.6) is 0 Å². The number of carboxylic acids is 1. The third kappa shape index (κ3) is 6.27. The molecule has 0 radical (unpaired) electrons. The SMILES string of the molecule is NC(=O)C[n+]1ccc(SCC2=C(C(=O)O)N3C(=O)[C@@H](NC(=O)C(=NOC4CCCC4)c4cnc(N)s4)[C@H]3CO2)cc1. The van der Waals surface area contributed by atoms with Gasteiger partial charge >= 0.3 is 5.97 Å². The number of nitrogens with two attached hydrogens (primary N) is 2. The monoisotopic (exact) mass is 602 g/mol. The van der Waals surface area contributed by atoms with Gasteiger partial charge in [0.05, 0.1) is 10.6 Å². The molecule has 16 heteroatoms. The third-order valence-electron chi connectivity index (χ3n) is 6.78. The van der Waals surface area contributed by atoms with Crippen molar-refractivity contribution < 1.29 is 38.4 Å². The number of β-lactam (4-membered cyclic amide) rings is 1. The molecule has 6 N–H and O–H groups in total. The van der Waals surface area contributed by atoms with E-state index in [9.17, 15) is 24.3 Å². The van der Waals surface area contributed by atoms with Crippen LogP contribution in [0.15, 0.2) is 52.2 Å². The van der Waals surface area contributed by atoms with Crippen molar-refractivity contribution in [2.45, 2.75) is 55.3 Å². The first-order valence-electron chi connectivity index (χ1n) is 12.8. The van der Waals surface area contributed by atoms with Crippen LogP contribution in [0.4, 0.5) is 5.13 Å². The Kier molecular flexibility index (Phi) is 8.39. The number of thioether (sulfide) groups is 1. The molecule has 0 bridgehead atoms. The molecule has 2 aromatic rings. The predicted molar refractivity (Wildman–Crippen MR) is 146 cm³/mol. The molecule has 1 aliphatic carbocycles. The number of anilines is 1. The second-order valence-corrected chi connectivity index (χ2v) is 11.7. The van der Waals surface area contributed by atoms with Gasteiger partial charge in [-0.1, -0.05) is 16.5 Å². The smallest absolute Gasteiger partial charge is 0.356 e. The Morgan fingerprint density at radius 3 is 2.66 bits per heavy atom. The Morgan fingerprint density at radius 2 is 2.02 bits per heavy atom. The highest BCUT2D eigenvalue weighted by atomic mass is 32.2. The highest BCUT2D eigenvalue weighted by molar-refractivity contribution is 7.99. The van der Waals surface area contributed by atoms with Crippen molar-refractivity contribution in [3.63, 3.8) is 0 Å². The zero-order chi connectivity index (χ0) is 29.1. The normalized spacial score (nSPS) is 20.7. The van der Waals surface area contributed by atoms with E-state index in [0.29, 0.717) is 4.88 Å². The highest BCUT2D eigenvalue weighted by Gasteiger charge is 2.55. The van der Waals surface area contributed by atoms with Crippen LogP contribution < -0.4 is 21.4 Å². The second-order valence-electron chi connectivity index (χ2n) is 9.59. The molecule has 3 amide bonds. The Bertz CT molecular complexity index is 1420. The molecule has 0 aromatic carbocycles. The lowest BCUT2D eigenvalue weighted by Gasteiger charge is -2.49. The summed E-state index contributed by atoms with van der Waals surface area (Å²) in [5.74, 6) is -2.74. The molecule has 0 spiro atoms. The molecule has 4 heterocycles. The molecule has 2 atom stereocenters. The Hall–Kier alpha value is -4.18. The number of hydrogen-bond donors (Lipinski definition) is 4. The minimum absolute atomic E-state index is 0.00465. The van der Waals surface area contributed by atoms with E-state index in [1.165, 1.54) is 18.0 Å². The lowest BCUT2D eigenvalue weighted by atomic mass is 9.92. The molecular weight excluding hydrogens is 574 g/mol. The van der Waals surface area contributed by atoms with Crippen LogP contribution in [-0.2, 0) is 35.3 Å². The van der Waals surface area contributed by atoms with E-state index in [1.54, 1.807) is 29.1 Å². The number of aromatic nitrogens is 2. The molecule has 3 aliphatic rings. The maximum atomic E-state index is 13.2. The average Bonchev–Trinajstić information content (AvgIpc) is 3.62. The van der Waals surface area contributed by atoms with E-state index in [4.69, 9.17) is 21.0 Å². The van der Waals surface area contributed by atoms with Gasteiger partial charge in [-0.2, -0.15) is 4.57 Å².